The maximum absolute atomic E-state index is 11.3. The number of carboxylic acids is 1. The molecule has 3 aromatic rings. The highest BCUT2D eigenvalue weighted by molar-refractivity contribution is 5.91. The Morgan fingerprint density at radius 2 is 2.05 bits per heavy atom. The predicted octanol–water partition coefficient (Wildman–Crippen LogP) is 3.43. The Morgan fingerprint density at radius 3 is 2.77 bits per heavy atom. The van der Waals surface area contributed by atoms with Crippen molar-refractivity contribution in [2.75, 3.05) is 6.61 Å². The number of aromatic carboxylic acids is 1. The van der Waals surface area contributed by atoms with Gasteiger partial charge in [0.2, 0.25) is 0 Å². The topological polar surface area (TPSA) is 64.4 Å². The molecule has 0 unspecified atom stereocenters. The average molecular weight is 296 g/mol. The van der Waals surface area contributed by atoms with Crippen LogP contribution in [-0.4, -0.2) is 27.2 Å². The summed E-state index contributed by atoms with van der Waals surface area (Å²) in [5, 5.41) is 9.24. The summed E-state index contributed by atoms with van der Waals surface area (Å²) in [5.41, 5.74) is 2.87. The molecule has 1 aromatic heterocycles. The summed E-state index contributed by atoms with van der Waals surface area (Å²) in [6.07, 6.45) is 0. The normalized spacial score (nSPS) is 10.8. The SMILES string of the molecule is CCOc1cc(-n2c(C)nc3ccccc32)ccc1C(=O)O. The molecule has 5 nitrogen and oxygen atoms in total. The number of hydrogen-bond acceptors (Lipinski definition) is 3. The number of fused-ring (bicyclic) bond motifs is 1. The first-order valence-electron chi connectivity index (χ1n) is 7.06. The molecule has 0 saturated carbocycles. The number of imidazole rings is 1. The van der Waals surface area contributed by atoms with E-state index < -0.39 is 5.97 Å². The van der Waals surface area contributed by atoms with Crippen molar-refractivity contribution in [1.82, 2.24) is 9.55 Å². The van der Waals surface area contributed by atoms with E-state index in [1.165, 1.54) is 0 Å². The fourth-order valence-corrected chi connectivity index (χ4v) is 2.57. The number of carboxylic acid groups (broad SMARTS) is 1. The van der Waals surface area contributed by atoms with Gasteiger partial charge in [0.25, 0.3) is 0 Å². The molecule has 112 valence electrons. The molecule has 5 heteroatoms. The Bertz CT molecular complexity index is 852. The Kier molecular flexibility index (Phi) is 3.55. The van der Waals surface area contributed by atoms with E-state index >= 15 is 0 Å². The highest BCUT2D eigenvalue weighted by Crippen LogP contribution is 2.27. The number of carbonyl (C=O) groups is 1. The van der Waals surface area contributed by atoms with Crippen LogP contribution in [0.25, 0.3) is 16.7 Å². The van der Waals surface area contributed by atoms with Crippen molar-refractivity contribution in [2.24, 2.45) is 0 Å². The molecule has 0 spiro atoms. The van der Waals surface area contributed by atoms with Crippen LogP contribution in [0.15, 0.2) is 42.5 Å². The third kappa shape index (κ3) is 2.30. The van der Waals surface area contributed by atoms with E-state index in [4.69, 9.17) is 4.74 Å². The van der Waals surface area contributed by atoms with Crippen molar-refractivity contribution in [3.05, 3.63) is 53.9 Å². The number of aryl methyl sites for hydroxylation is 1. The first-order chi connectivity index (χ1) is 10.6. The van der Waals surface area contributed by atoms with Crippen LogP contribution in [0.2, 0.25) is 0 Å². The third-order valence-corrected chi connectivity index (χ3v) is 3.48. The Hall–Kier alpha value is -2.82. The molecule has 22 heavy (non-hydrogen) atoms. The molecular weight excluding hydrogens is 280 g/mol. The molecule has 2 aromatic carbocycles. The van der Waals surface area contributed by atoms with Crippen LogP contribution in [0, 0.1) is 6.92 Å². The van der Waals surface area contributed by atoms with Gasteiger partial charge in [-0.1, -0.05) is 12.1 Å². The van der Waals surface area contributed by atoms with Crippen molar-refractivity contribution >= 4 is 17.0 Å². The van der Waals surface area contributed by atoms with Crippen molar-refractivity contribution in [1.29, 1.82) is 0 Å². The summed E-state index contributed by atoms with van der Waals surface area (Å²) >= 11 is 0. The first kappa shape index (κ1) is 14.1. The summed E-state index contributed by atoms with van der Waals surface area (Å²) in [5.74, 6) is 0.207. The van der Waals surface area contributed by atoms with Gasteiger partial charge in [0.15, 0.2) is 0 Å². The molecule has 0 aliphatic heterocycles. The Balaban J connectivity index is 2.20. The molecule has 0 atom stereocenters. The molecule has 3 rings (SSSR count). The van der Waals surface area contributed by atoms with Crippen molar-refractivity contribution < 1.29 is 14.6 Å². The number of benzene rings is 2. The van der Waals surface area contributed by atoms with Crippen molar-refractivity contribution in [3.8, 4) is 11.4 Å². The molecule has 0 radical (unpaired) electrons. The Morgan fingerprint density at radius 1 is 1.27 bits per heavy atom. The van der Waals surface area contributed by atoms with Crippen molar-refractivity contribution in [3.63, 3.8) is 0 Å². The van der Waals surface area contributed by atoms with E-state index in [1.54, 1.807) is 18.2 Å². The number of nitrogens with zero attached hydrogens (tertiary/aromatic N) is 2. The van der Waals surface area contributed by atoms with Gasteiger partial charge in [0.05, 0.1) is 23.3 Å². The fourth-order valence-electron chi connectivity index (χ4n) is 2.57. The number of hydrogen-bond donors (Lipinski definition) is 1. The van der Waals surface area contributed by atoms with Crippen molar-refractivity contribution in [2.45, 2.75) is 13.8 Å². The van der Waals surface area contributed by atoms with Gasteiger partial charge in [-0.2, -0.15) is 0 Å². The zero-order chi connectivity index (χ0) is 15.7. The molecular formula is C17H16N2O3. The molecule has 0 saturated heterocycles. The second-order valence-corrected chi connectivity index (χ2v) is 4.90. The smallest absolute Gasteiger partial charge is 0.339 e. The zero-order valence-corrected chi connectivity index (χ0v) is 12.4. The minimum atomic E-state index is -0.998. The lowest BCUT2D eigenvalue weighted by molar-refractivity contribution is 0.0692. The molecule has 1 heterocycles. The molecule has 1 N–H and O–H groups in total. The quantitative estimate of drug-likeness (QED) is 0.801. The number of ether oxygens (including phenoxy) is 1. The lowest BCUT2D eigenvalue weighted by Gasteiger charge is -2.12. The summed E-state index contributed by atoms with van der Waals surface area (Å²) in [6, 6.07) is 12.9. The molecule has 0 bridgehead atoms. The van der Waals surface area contributed by atoms with Gasteiger partial charge in [0, 0.05) is 6.07 Å². The second-order valence-electron chi connectivity index (χ2n) is 4.90. The van der Waals surface area contributed by atoms with Gasteiger partial charge >= 0.3 is 5.97 Å². The fraction of sp³-hybridized carbons (Fsp3) is 0.176. The van der Waals surface area contributed by atoms with E-state index in [1.807, 2.05) is 42.7 Å². The lowest BCUT2D eigenvalue weighted by atomic mass is 10.1. The number of rotatable bonds is 4. The van der Waals surface area contributed by atoms with Gasteiger partial charge in [-0.15, -0.1) is 0 Å². The van der Waals surface area contributed by atoms with E-state index in [0.717, 1.165) is 22.5 Å². The summed E-state index contributed by atoms with van der Waals surface area (Å²) in [7, 11) is 0. The van der Waals surface area contributed by atoms with E-state index in [-0.39, 0.29) is 5.56 Å². The monoisotopic (exact) mass is 296 g/mol. The highest BCUT2D eigenvalue weighted by atomic mass is 16.5. The van der Waals surface area contributed by atoms with Crippen LogP contribution in [-0.2, 0) is 0 Å². The summed E-state index contributed by atoms with van der Waals surface area (Å²) in [6.45, 7) is 4.16. The maximum atomic E-state index is 11.3. The van der Waals surface area contributed by atoms with Crippen LogP contribution in [0.5, 0.6) is 5.75 Å². The van der Waals surface area contributed by atoms with E-state index in [9.17, 15) is 9.90 Å². The van der Waals surface area contributed by atoms with Gasteiger partial charge in [-0.25, -0.2) is 9.78 Å². The summed E-state index contributed by atoms with van der Waals surface area (Å²) in [4.78, 5) is 15.8. The second kappa shape index (κ2) is 5.52. The van der Waals surface area contributed by atoms with Gasteiger partial charge in [-0.3, -0.25) is 4.57 Å². The van der Waals surface area contributed by atoms with Crippen LogP contribution in [0.3, 0.4) is 0 Å². The molecule has 0 amide bonds. The maximum Gasteiger partial charge on any atom is 0.339 e. The third-order valence-electron chi connectivity index (χ3n) is 3.48. The van der Waals surface area contributed by atoms with Crippen LogP contribution >= 0.6 is 0 Å². The highest BCUT2D eigenvalue weighted by Gasteiger charge is 2.15. The zero-order valence-electron chi connectivity index (χ0n) is 12.4. The van der Waals surface area contributed by atoms with Crippen LogP contribution in [0.4, 0.5) is 0 Å². The van der Waals surface area contributed by atoms with E-state index in [2.05, 4.69) is 4.98 Å². The van der Waals surface area contributed by atoms with Crippen LogP contribution < -0.4 is 4.74 Å². The number of para-hydroxylation sites is 2. The standard InChI is InChI=1S/C17H16N2O3/c1-3-22-16-10-12(8-9-13(16)17(20)21)19-11(2)18-14-6-4-5-7-15(14)19/h4-10H,3H2,1-2H3,(H,20,21). The predicted molar refractivity (Wildman–Crippen MR) is 83.9 cm³/mol. The van der Waals surface area contributed by atoms with Crippen LogP contribution in [0.1, 0.15) is 23.1 Å². The number of aromatic nitrogens is 2. The molecule has 0 aliphatic carbocycles. The van der Waals surface area contributed by atoms with Gasteiger partial charge in [-0.05, 0) is 38.1 Å². The Labute approximate surface area is 127 Å². The minimum Gasteiger partial charge on any atom is -0.493 e. The lowest BCUT2D eigenvalue weighted by Crippen LogP contribution is -2.05. The van der Waals surface area contributed by atoms with Gasteiger partial charge < -0.3 is 9.84 Å². The van der Waals surface area contributed by atoms with Gasteiger partial charge in [0.1, 0.15) is 17.1 Å². The molecule has 0 aliphatic rings. The summed E-state index contributed by atoms with van der Waals surface area (Å²) < 4.78 is 7.46. The van der Waals surface area contributed by atoms with E-state index in [0.29, 0.717) is 12.4 Å². The average Bonchev–Trinajstić information content (AvgIpc) is 2.83. The first-order valence-corrected chi connectivity index (χ1v) is 7.06. The largest absolute Gasteiger partial charge is 0.493 e. The molecule has 0 fully saturated rings. The minimum absolute atomic E-state index is 0.160.